The second-order valence-corrected chi connectivity index (χ2v) is 7.46. The van der Waals surface area contributed by atoms with E-state index in [0.717, 1.165) is 19.4 Å². The summed E-state index contributed by atoms with van der Waals surface area (Å²) in [6.07, 6.45) is 1.65. The molecule has 1 aliphatic rings. The van der Waals surface area contributed by atoms with Gasteiger partial charge in [-0.2, -0.15) is 0 Å². The molecule has 19 heavy (non-hydrogen) atoms. The van der Waals surface area contributed by atoms with E-state index in [1.54, 1.807) is 0 Å². The maximum absolute atomic E-state index is 11.3. The fraction of sp³-hybridized carbons (Fsp3) is 0.455. The highest BCUT2D eigenvalue weighted by Gasteiger charge is 2.21. The van der Waals surface area contributed by atoms with Gasteiger partial charge in [-0.05, 0) is 18.9 Å². The van der Waals surface area contributed by atoms with E-state index >= 15 is 0 Å². The summed E-state index contributed by atoms with van der Waals surface area (Å²) < 4.78 is 33.5. The molecular weight excluding hydrogens is 335 g/mol. The Morgan fingerprint density at radius 3 is 2.58 bits per heavy atom. The third-order valence-electron chi connectivity index (χ3n) is 2.66. The summed E-state index contributed by atoms with van der Waals surface area (Å²) in [7, 11) is 1.32. The topological polar surface area (TPSA) is 52.6 Å². The molecule has 0 bridgehead atoms. The molecule has 1 unspecified atom stereocenters. The van der Waals surface area contributed by atoms with E-state index < -0.39 is 9.05 Å². The van der Waals surface area contributed by atoms with Crippen molar-refractivity contribution < 1.29 is 17.9 Å². The molecule has 8 heteroatoms. The molecule has 1 aliphatic heterocycles. The van der Waals surface area contributed by atoms with Crippen molar-refractivity contribution in [2.75, 3.05) is 13.2 Å². The highest BCUT2D eigenvalue weighted by Crippen LogP contribution is 2.35. The molecule has 4 nitrogen and oxygen atoms in total. The van der Waals surface area contributed by atoms with E-state index in [1.165, 1.54) is 12.1 Å². The van der Waals surface area contributed by atoms with Gasteiger partial charge in [0.25, 0.3) is 9.05 Å². The summed E-state index contributed by atoms with van der Waals surface area (Å²) in [5.74, 6) is 0.325. The Kier molecular flexibility index (Phi) is 4.84. The van der Waals surface area contributed by atoms with Crippen LogP contribution < -0.4 is 4.74 Å². The molecule has 0 saturated carbocycles. The van der Waals surface area contributed by atoms with Crippen LogP contribution in [0.15, 0.2) is 17.0 Å². The van der Waals surface area contributed by atoms with Crippen molar-refractivity contribution >= 4 is 42.9 Å². The first-order valence-corrected chi connectivity index (χ1v) is 8.62. The van der Waals surface area contributed by atoms with Gasteiger partial charge in [0.2, 0.25) is 0 Å². The van der Waals surface area contributed by atoms with Gasteiger partial charge in [-0.1, -0.05) is 23.2 Å². The SMILES string of the molecule is O=S(=O)(Cl)c1cc(Cl)c(OC2CCCOC2)cc1Cl. The molecule has 1 aromatic rings. The van der Waals surface area contributed by atoms with E-state index in [9.17, 15) is 8.42 Å². The van der Waals surface area contributed by atoms with E-state index in [1.807, 2.05) is 0 Å². The molecule has 0 spiro atoms. The van der Waals surface area contributed by atoms with Crippen LogP contribution in [0.2, 0.25) is 10.0 Å². The van der Waals surface area contributed by atoms with Gasteiger partial charge in [0.05, 0.1) is 16.7 Å². The fourth-order valence-electron chi connectivity index (χ4n) is 1.77. The van der Waals surface area contributed by atoms with Crippen LogP contribution in [0, 0.1) is 0 Å². The molecular formula is C11H11Cl3O4S. The lowest BCUT2D eigenvalue weighted by Gasteiger charge is -2.24. The monoisotopic (exact) mass is 344 g/mol. The Hall–Kier alpha value is -0.200. The van der Waals surface area contributed by atoms with Gasteiger partial charge in [0.1, 0.15) is 16.7 Å². The lowest BCUT2D eigenvalue weighted by atomic mass is 10.2. The predicted molar refractivity (Wildman–Crippen MR) is 74.0 cm³/mol. The number of hydrogen-bond acceptors (Lipinski definition) is 4. The largest absolute Gasteiger partial charge is 0.486 e. The van der Waals surface area contributed by atoms with Crippen LogP contribution in [0.1, 0.15) is 12.8 Å². The van der Waals surface area contributed by atoms with Crippen molar-refractivity contribution in [2.24, 2.45) is 0 Å². The zero-order chi connectivity index (χ0) is 14.0. The Labute approximate surface area is 126 Å². The van der Waals surface area contributed by atoms with Gasteiger partial charge in [-0.15, -0.1) is 0 Å². The summed E-state index contributed by atoms with van der Waals surface area (Å²) in [6, 6.07) is 2.54. The van der Waals surface area contributed by atoms with Crippen molar-refractivity contribution in [1.29, 1.82) is 0 Å². The maximum Gasteiger partial charge on any atom is 0.262 e. The van der Waals surface area contributed by atoms with Crippen LogP contribution in [-0.2, 0) is 13.8 Å². The molecule has 0 aliphatic carbocycles. The summed E-state index contributed by atoms with van der Waals surface area (Å²) in [5.41, 5.74) is 0. The smallest absolute Gasteiger partial charge is 0.262 e. The van der Waals surface area contributed by atoms with Gasteiger partial charge < -0.3 is 9.47 Å². The van der Waals surface area contributed by atoms with E-state index in [2.05, 4.69) is 0 Å². The van der Waals surface area contributed by atoms with Gasteiger partial charge in [-0.3, -0.25) is 0 Å². The zero-order valence-corrected chi connectivity index (χ0v) is 12.8. The van der Waals surface area contributed by atoms with Crippen molar-refractivity contribution in [3.05, 3.63) is 22.2 Å². The Morgan fingerprint density at radius 1 is 1.26 bits per heavy atom. The highest BCUT2D eigenvalue weighted by atomic mass is 35.7. The molecule has 1 fully saturated rings. The highest BCUT2D eigenvalue weighted by molar-refractivity contribution is 8.13. The van der Waals surface area contributed by atoms with Crippen LogP contribution >= 0.6 is 33.9 Å². The minimum Gasteiger partial charge on any atom is -0.486 e. The summed E-state index contributed by atoms with van der Waals surface area (Å²) in [4.78, 5) is -0.229. The quantitative estimate of drug-likeness (QED) is 0.787. The molecule has 1 aromatic carbocycles. The van der Waals surface area contributed by atoms with Crippen molar-refractivity contribution in [3.63, 3.8) is 0 Å². The normalized spacial score (nSPS) is 20.3. The summed E-state index contributed by atoms with van der Waals surface area (Å²) in [6.45, 7) is 1.20. The molecule has 2 rings (SSSR count). The average molecular weight is 346 g/mol. The zero-order valence-electron chi connectivity index (χ0n) is 9.74. The van der Waals surface area contributed by atoms with Crippen molar-refractivity contribution in [3.8, 4) is 5.75 Å². The van der Waals surface area contributed by atoms with Crippen LogP contribution in [-0.4, -0.2) is 27.7 Å². The molecule has 106 valence electrons. The maximum atomic E-state index is 11.3. The molecule has 0 radical (unpaired) electrons. The van der Waals surface area contributed by atoms with Crippen LogP contribution in [0.4, 0.5) is 0 Å². The van der Waals surface area contributed by atoms with Crippen molar-refractivity contribution in [2.45, 2.75) is 23.8 Å². The minimum absolute atomic E-state index is 0.0221. The lowest BCUT2D eigenvalue weighted by Crippen LogP contribution is -2.28. The molecule has 0 amide bonds. The van der Waals surface area contributed by atoms with Gasteiger partial charge in [0.15, 0.2) is 0 Å². The number of rotatable bonds is 3. The average Bonchev–Trinajstić information content (AvgIpc) is 2.33. The number of halogens is 3. The number of benzene rings is 1. The first kappa shape index (κ1) is 15.2. The first-order valence-electron chi connectivity index (χ1n) is 5.56. The molecule has 1 atom stereocenters. The summed E-state index contributed by atoms with van der Waals surface area (Å²) >= 11 is 11.8. The standard InChI is InChI=1S/C11H11Cl3O4S/c12-8-5-11(19(14,15)16)9(13)4-10(8)18-7-2-1-3-17-6-7/h4-5,7H,1-3,6H2. The van der Waals surface area contributed by atoms with Gasteiger partial charge in [-0.25, -0.2) is 8.42 Å². The van der Waals surface area contributed by atoms with Crippen molar-refractivity contribution in [1.82, 2.24) is 0 Å². The predicted octanol–water partition coefficient (Wildman–Crippen LogP) is 3.48. The Balaban J connectivity index is 2.25. The van der Waals surface area contributed by atoms with Crippen LogP contribution in [0.3, 0.4) is 0 Å². The van der Waals surface area contributed by atoms with E-state index in [4.69, 9.17) is 43.4 Å². The Morgan fingerprint density at radius 2 is 2.00 bits per heavy atom. The first-order chi connectivity index (χ1) is 8.88. The van der Waals surface area contributed by atoms with Crippen LogP contribution in [0.25, 0.3) is 0 Å². The minimum atomic E-state index is -3.93. The molecule has 0 N–H and O–H groups in total. The van der Waals surface area contributed by atoms with E-state index in [-0.39, 0.29) is 21.0 Å². The molecule has 1 saturated heterocycles. The van der Waals surface area contributed by atoms with E-state index in [0.29, 0.717) is 12.4 Å². The third kappa shape index (κ3) is 3.89. The second kappa shape index (κ2) is 6.06. The van der Waals surface area contributed by atoms with Gasteiger partial charge in [0, 0.05) is 23.4 Å². The molecule has 1 heterocycles. The Bertz CT molecular complexity index is 568. The number of ether oxygens (including phenoxy) is 2. The number of hydrogen-bond donors (Lipinski definition) is 0. The summed E-state index contributed by atoms with van der Waals surface area (Å²) in [5, 5.41) is 0.125. The lowest BCUT2D eigenvalue weighted by molar-refractivity contribution is 0.00746. The molecule has 0 aromatic heterocycles. The fourth-order valence-corrected chi connectivity index (χ4v) is 3.55. The van der Waals surface area contributed by atoms with Crippen LogP contribution in [0.5, 0.6) is 5.75 Å². The second-order valence-electron chi connectivity index (χ2n) is 4.11. The third-order valence-corrected chi connectivity index (χ3v) is 4.74. The van der Waals surface area contributed by atoms with Gasteiger partial charge >= 0.3 is 0 Å².